The van der Waals surface area contributed by atoms with Crippen LogP contribution in [0, 0.1) is 12.8 Å². The summed E-state index contributed by atoms with van der Waals surface area (Å²) in [4.78, 5) is 0. The molecule has 1 aromatic heterocycles. The SMILES string of the molecule is Cc1cccc2cc(C3CCCCC3CNC3CC3)oc12. The molecule has 112 valence electrons. The van der Waals surface area contributed by atoms with Crippen LogP contribution in [0.3, 0.4) is 0 Å². The fourth-order valence-corrected chi connectivity index (χ4v) is 3.84. The summed E-state index contributed by atoms with van der Waals surface area (Å²) in [7, 11) is 0. The second-order valence-corrected chi connectivity index (χ2v) is 6.98. The molecule has 21 heavy (non-hydrogen) atoms. The number of fused-ring (bicyclic) bond motifs is 1. The average molecular weight is 283 g/mol. The molecule has 0 aliphatic heterocycles. The van der Waals surface area contributed by atoms with E-state index in [1.807, 2.05) is 0 Å². The molecule has 2 nitrogen and oxygen atoms in total. The summed E-state index contributed by atoms with van der Waals surface area (Å²) in [6.07, 6.45) is 8.12. The number of aryl methyl sites for hydroxylation is 1. The van der Waals surface area contributed by atoms with Crippen molar-refractivity contribution in [3.05, 3.63) is 35.6 Å². The van der Waals surface area contributed by atoms with Crippen molar-refractivity contribution in [2.24, 2.45) is 5.92 Å². The van der Waals surface area contributed by atoms with Gasteiger partial charge in [-0.25, -0.2) is 0 Å². The van der Waals surface area contributed by atoms with Gasteiger partial charge in [0, 0.05) is 17.3 Å². The van der Waals surface area contributed by atoms with Gasteiger partial charge in [0.1, 0.15) is 11.3 Å². The fourth-order valence-electron chi connectivity index (χ4n) is 3.84. The van der Waals surface area contributed by atoms with Crippen LogP contribution in [0.1, 0.15) is 55.8 Å². The molecule has 2 aliphatic rings. The highest BCUT2D eigenvalue weighted by molar-refractivity contribution is 5.81. The first-order chi connectivity index (χ1) is 10.3. The summed E-state index contributed by atoms with van der Waals surface area (Å²) < 4.78 is 6.26. The van der Waals surface area contributed by atoms with E-state index in [0.29, 0.717) is 5.92 Å². The molecule has 0 saturated heterocycles. The van der Waals surface area contributed by atoms with E-state index in [2.05, 4.69) is 36.5 Å². The van der Waals surface area contributed by atoms with E-state index in [0.717, 1.165) is 17.5 Å². The van der Waals surface area contributed by atoms with Gasteiger partial charge in [0.25, 0.3) is 0 Å². The van der Waals surface area contributed by atoms with Crippen molar-refractivity contribution in [3.63, 3.8) is 0 Å². The van der Waals surface area contributed by atoms with Crippen LogP contribution in [-0.4, -0.2) is 12.6 Å². The minimum atomic E-state index is 0.608. The Hall–Kier alpha value is -1.28. The van der Waals surface area contributed by atoms with Crippen LogP contribution in [0.2, 0.25) is 0 Å². The van der Waals surface area contributed by atoms with Gasteiger partial charge in [-0.1, -0.05) is 31.0 Å². The molecule has 2 saturated carbocycles. The predicted molar refractivity (Wildman–Crippen MR) is 86.7 cm³/mol. The van der Waals surface area contributed by atoms with E-state index < -0.39 is 0 Å². The van der Waals surface area contributed by atoms with E-state index in [1.165, 1.54) is 61.8 Å². The van der Waals surface area contributed by atoms with Gasteiger partial charge in [0.2, 0.25) is 0 Å². The number of rotatable bonds is 4. The van der Waals surface area contributed by atoms with Gasteiger partial charge < -0.3 is 9.73 Å². The van der Waals surface area contributed by atoms with Gasteiger partial charge >= 0.3 is 0 Å². The molecule has 2 unspecified atom stereocenters. The third-order valence-electron chi connectivity index (χ3n) is 5.28. The highest BCUT2D eigenvalue weighted by atomic mass is 16.3. The highest BCUT2D eigenvalue weighted by Crippen LogP contribution is 2.40. The van der Waals surface area contributed by atoms with Crippen LogP contribution in [-0.2, 0) is 0 Å². The molecule has 0 amide bonds. The van der Waals surface area contributed by atoms with E-state index in [1.54, 1.807) is 0 Å². The van der Waals surface area contributed by atoms with Crippen molar-refractivity contribution in [1.82, 2.24) is 5.32 Å². The van der Waals surface area contributed by atoms with Crippen LogP contribution in [0.15, 0.2) is 28.7 Å². The minimum Gasteiger partial charge on any atom is -0.460 e. The number of benzene rings is 1. The van der Waals surface area contributed by atoms with Crippen molar-refractivity contribution in [3.8, 4) is 0 Å². The second kappa shape index (κ2) is 5.49. The third-order valence-corrected chi connectivity index (χ3v) is 5.28. The number of furan rings is 1. The molecule has 2 aromatic rings. The molecule has 1 N–H and O–H groups in total. The summed E-state index contributed by atoms with van der Waals surface area (Å²) in [6, 6.07) is 9.55. The average Bonchev–Trinajstić information content (AvgIpc) is 3.23. The minimum absolute atomic E-state index is 0.608. The first-order valence-electron chi connectivity index (χ1n) is 8.54. The Morgan fingerprint density at radius 1 is 1.14 bits per heavy atom. The Kier molecular flexibility index (Phi) is 3.50. The number of hydrogen-bond donors (Lipinski definition) is 1. The van der Waals surface area contributed by atoms with Crippen molar-refractivity contribution >= 4 is 11.0 Å². The third kappa shape index (κ3) is 2.74. The van der Waals surface area contributed by atoms with Gasteiger partial charge in [-0.05, 0) is 56.7 Å². The molecule has 4 rings (SSSR count). The van der Waals surface area contributed by atoms with Gasteiger partial charge in [0.05, 0.1) is 0 Å². The Morgan fingerprint density at radius 3 is 2.81 bits per heavy atom. The van der Waals surface area contributed by atoms with Crippen LogP contribution in [0.4, 0.5) is 0 Å². The van der Waals surface area contributed by atoms with Crippen molar-refractivity contribution in [2.75, 3.05) is 6.54 Å². The van der Waals surface area contributed by atoms with Crippen LogP contribution in [0.5, 0.6) is 0 Å². The maximum atomic E-state index is 6.26. The zero-order valence-electron chi connectivity index (χ0n) is 12.9. The zero-order valence-corrected chi connectivity index (χ0v) is 12.9. The van der Waals surface area contributed by atoms with Gasteiger partial charge in [-0.2, -0.15) is 0 Å². The van der Waals surface area contributed by atoms with Crippen molar-refractivity contribution in [1.29, 1.82) is 0 Å². The summed E-state index contributed by atoms with van der Waals surface area (Å²) in [5.74, 6) is 2.58. The molecule has 1 heterocycles. The van der Waals surface area contributed by atoms with Crippen LogP contribution < -0.4 is 5.32 Å². The van der Waals surface area contributed by atoms with Crippen LogP contribution >= 0.6 is 0 Å². The second-order valence-electron chi connectivity index (χ2n) is 6.98. The largest absolute Gasteiger partial charge is 0.460 e. The number of hydrogen-bond acceptors (Lipinski definition) is 2. The lowest BCUT2D eigenvalue weighted by Gasteiger charge is -2.30. The summed E-state index contributed by atoms with van der Waals surface area (Å²) >= 11 is 0. The van der Waals surface area contributed by atoms with E-state index in [9.17, 15) is 0 Å². The zero-order chi connectivity index (χ0) is 14.2. The molecule has 0 spiro atoms. The molecular formula is C19H25NO. The maximum absolute atomic E-state index is 6.26. The summed E-state index contributed by atoms with van der Waals surface area (Å²) in [5, 5.41) is 5.00. The molecule has 2 fully saturated rings. The first kappa shape index (κ1) is 13.4. The van der Waals surface area contributed by atoms with Crippen LogP contribution in [0.25, 0.3) is 11.0 Å². The predicted octanol–water partition coefficient (Wildman–Crippen LogP) is 4.77. The normalized spacial score (nSPS) is 26.3. The molecule has 1 aromatic carbocycles. The van der Waals surface area contributed by atoms with Gasteiger partial charge in [0.15, 0.2) is 0 Å². The number of nitrogens with one attached hydrogen (secondary N) is 1. The smallest absolute Gasteiger partial charge is 0.137 e. The lowest BCUT2D eigenvalue weighted by molar-refractivity contribution is 0.267. The Bertz CT molecular complexity index is 626. The van der Waals surface area contributed by atoms with E-state index in [-0.39, 0.29) is 0 Å². The van der Waals surface area contributed by atoms with Crippen molar-refractivity contribution < 1.29 is 4.42 Å². The van der Waals surface area contributed by atoms with E-state index >= 15 is 0 Å². The lowest BCUT2D eigenvalue weighted by Crippen LogP contribution is -2.30. The van der Waals surface area contributed by atoms with Crippen molar-refractivity contribution in [2.45, 2.75) is 57.4 Å². The fraction of sp³-hybridized carbons (Fsp3) is 0.579. The van der Waals surface area contributed by atoms with E-state index in [4.69, 9.17) is 4.42 Å². The van der Waals surface area contributed by atoms with Gasteiger partial charge in [-0.15, -0.1) is 0 Å². The molecule has 0 bridgehead atoms. The summed E-state index contributed by atoms with van der Waals surface area (Å²) in [6.45, 7) is 3.31. The number of para-hydroxylation sites is 1. The molecule has 2 aliphatic carbocycles. The molecular weight excluding hydrogens is 258 g/mol. The lowest BCUT2D eigenvalue weighted by atomic mass is 9.78. The molecule has 0 radical (unpaired) electrons. The maximum Gasteiger partial charge on any atom is 0.137 e. The Labute approximate surface area is 126 Å². The van der Waals surface area contributed by atoms with Gasteiger partial charge in [-0.3, -0.25) is 0 Å². The first-order valence-corrected chi connectivity index (χ1v) is 8.54. The highest BCUT2D eigenvalue weighted by Gasteiger charge is 2.31. The molecule has 2 atom stereocenters. The summed E-state index contributed by atoms with van der Waals surface area (Å²) in [5.41, 5.74) is 2.34. The monoisotopic (exact) mass is 283 g/mol. The quantitative estimate of drug-likeness (QED) is 0.874. The Morgan fingerprint density at radius 2 is 2.00 bits per heavy atom. The standard InChI is InChI=1S/C19H25NO/c1-13-5-4-7-14-11-18(21-19(13)14)17-8-3-2-6-15(17)12-20-16-9-10-16/h4-5,7,11,15-17,20H,2-3,6,8-10,12H2,1H3. The Balaban J connectivity index is 1.59. The topological polar surface area (TPSA) is 25.2 Å². The molecule has 2 heteroatoms.